The van der Waals surface area contributed by atoms with Gasteiger partial charge in [-0.3, -0.25) is 0 Å². The molecule has 0 amide bonds. The van der Waals surface area contributed by atoms with E-state index >= 15 is 0 Å². The second kappa shape index (κ2) is 4.86. The fourth-order valence-electron chi connectivity index (χ4n) is 2.66. The van der Waals surface area contributed by atoms with Crippen LogP contribution in [-0.2, 0) is 14.6 Å². The monoisotopic (exact) mass is 261 g/mol. The smallest absolute Gasteiger partial charge is 0.150 e. The molecule has 2 unspecified atom stereocenters. The first-order chi connectivity index (χ1) is 7.89. The minimum atomic E-state index is -2.87. The number of ether oxygens (including phenoxy) is 1. The Kier molecular flexibility index (Phi) is 3.80. The summed E-state index contributed by atoms with van der Waals surface area (Å²) in [6.45, 7) is 4.79. The Hall–Kier alpha value is -0.130. The Labute approximate surface area is 104 Å². The second-order valence-electron chi connectivity index (χ2n) is 6.00. The summed E-state index contributed by atoms with van der Waals surface area (Å²) < 4.78 is 28.3. The first kappa shape index (κ1) is 13.3. The molecule has 0 aromatic rings. The molecule has 2 rings (SSSR count). The fourth-order valence-corrected chi connectivity index (χ4v) is 3.84. The van der Waals surface area contributed by atoms with E-state index in [-0.39, 0.29) is 10.7 Å². The molecule has 2 atom stereocenters. The third kappa shape index (κ3) is 3.42. The SMILES string of the molecule is CC1(CNC2CCCC(S(C)(=O)=O)C2)COC1. The highest BCUT2D eigenvalue weighted by atomic mass is 32.2. The van der Waals surface area contributed by atoms with Gasteiger partial charge in [-0.1, -0.05) is 13.3 Å². The predicted octanol–water partition coefficient (Wildman–Crippen LogP) is 0.968. The summed E-state index contributed by atoms with van der Waals surface area (Å²) in [5.41, 5.74) is 0.262. The normalized spacial score (nSPS) is 33.1. The number of hydrogen-bond acceptors (Lipinski definition) is 4. The summed E-state index contributed by atoms with van der Waals surface area (Å²) in [6, 6.07) is 0.362. The lowest BCUT2D eigenvalue weighted by molar-refractivity contribution is -0.100. The van der Waals surface area contributed by atoms with E-state index in [1.54, 1.807) is 0 Å². The lowest BCUT2D eigenvalue weighted by atomic mass is 9.87. The molecule has 5 heteroatoms. The molecule has 1 aliphatic carbocycles. The first-order valence-corrected chi connectivity index (χ1v) is 8.35. The fraction of sp³-hybridized carbons (Fsp3) is 1.00. The molecule has 0 aromatic carbocycles. The van der Waals surface area contributed by atoms with Crippen LogP contribution in [0.15, 0.2) is 0 Å². The highest BCUT2D eigenvalue weighted by Gasteiger charge is 2.35. The van der Waals surface area contributed by atoms with Crippen molar-refractivity contribution in [3.63, 3.8) is 0 Å². The van der Waals surface area contributed by atoms with Crippen molar-refractivity contribution in [3.05, 3.63) is 0 Å². The summed E-state index contributed by atoms with van der Waals surface area (Å²) in [5.74, 6) is 0. The Bertz CT molecular complexity index is 362. The van der Waals surface area contributed by atoms with Crippen molar-refractivity contribution in [2.45, 2.75) is 43.9 Å². The zero-order valence-corrected chi connectivity index (χ0v) is 11.6. The minimum absolute atomic E-state index is 0.140. The maximum absolute atomic E-state index is 11.6. The predicted molar refractivity (Wildman–Crippen MR) is 67.8 cm³/mol. The van der Waals surface area contributed by atoms with E-state index < -0.39 is 9.84 Å². The summed E-state index contributed by atoms with van der Waals surface area (Å²) in [4.78, 5) is 0. The van der Waals surface area contributed by atoms with Gasteiger partial charge >= 0.3 is 0 Å². The second-order valence-corrected chi connectivity index (χ2v) is 8.33. The van der Waals surface area contributed by atoms with Crippen LogP contribution >= 0.6 is 0 Å². The van der Waals surface area contributed by atoms with E-state index in [0.29, 0.717) is 6.04 Å². The lowest BCUT2D eigenvalue weighted by Crippen LogP contribution is -2.50. The van der Waals surface area contributed by atoms with Crippen LogP contribution in [0.4, 0.5) is 0 Å². The highest BCUT2D eigenvalue weighted by Crippen LogP contribution is 2.28. The van der Waals surface area contributed by atoms with Gasteiger partial charge in [-0.25, -0.2) is 8.42 Å². The molecule has 1 aliphatic heterocycles. The molecule has 1 saturated carbocycles. The van der Waals surface area contributed by atoms with Gasteiger partial charge in [0.2, 0.25) is 0 Å². The third-order valence-electron chi connectivity index (χ3n) is 3.95. The molecular formula is C12H23NO3S. The standard InChI is InChI=1S/C12H23NO3S/c1-12(8-16-9-12)7-13-10-4-3-5-11(6-10)17(2,14)15/h10-11,13H,3-9H2,1-2H3. The van der Waals surface area contributed by atoms with Crippen molar-refractivity contribution >= 4 is 9.84 Å². The molecule has 4 nitrogen and oxygen atoms in total. The Morgan fingerprint density at radius 2 is 2.06 bits per heavy atom. The Morgan fingerprint density at radius 1 is 1.35 bits per heavy atom. The number of sulfone groups is 1. The molecule has 2 fully saturated rings. The largest absolute Gasteiger partial charge is 0.380 e. The molecule has 1 saturated heterocycles. The van der Waals surface area contributed by atoms with Gasteiger partial charge in [0, 0.05) is 24.3 Å². The van der Waals surface area contributed by atoms with E-state index in [4.69, 9.17) is 4.74 Å². The molecule has 0 radical (unpaired) electrons. The van der Waals surface area contributed by atoms with Crippen molar-refractivity contribution in [3.8, 4) is 0 Å². The zero-order valence-electron chi connectivity index (χ0n) is 10.7. The van der Waals surface area contributed by atoms with Crippen LogP contribution in [-0.4, -0.2) is 45.7 Å². The average molecular weight is 261 g/mol. The van der Waals surface area contributed by atoms with Crippen LogP contribution < -0.4 is 5.32 Å². The Morgan fingerprint density at radius 3 is 2.59 bits per heavy atom. The van der Waals surface area contributed by atoms with Crippen LogP contribution in [0.25, 0.3) is 0 Å². The molecule has 0 bridgehead atoms. The quantitative estimate of drug-likeness (QED) is 0.819. The zero-order chi connectivity index (χ0) is 12.5. The Balaban J connectivity index is 1.81. The van der Waals surface area contributed by atoms with Crippen LogP contribution in [0.3, 0.4) is 0 Å². The maximum Gasteiger partial charge on any atom is 0.150 e. The maximum atomic E-state index is 11.6. The number of hydrogen-bond donors (Lipinski definition) is 1. The van der Waals surface area contributed by atoms with Gasteiger partial charge in [-0.2, -0.15) is 0 Å². The van der Waals surface area contributed by atoms with E-state index in [1.165, 1.54) is 6.26 Å². The topological polar surface area (TPSA) is 55.4 Å². The van der Waals surface area contributed by atoms with Crippen LogP contribution in [0, 0.1) is 5.41 Å². The van der Waals surface area contributed by atoms with Gasteiger partial charge in [-0.15, -0.1) is 0 Å². The number of rotatable bonds is 4. The van der Waals surface area contributed by atoms with Crippen molar-refractivity contribution in [1.82, 2.24) is 5.32 Å². The average Bonchev–Trinajstić information content (AvgIpc) is 2.23. The van der Waals surface area contributed by atoms with E-state index in [9.17, 15) is 8.42 Å². The van der Waals surface area contributed by atoms with Crippen molar-refractivity contribution in [2.75, 3.05) is 26.0 Å². The summed E-state index contributed by atoms with van der Waals surface area (Å²) in [6.07, 6.45) is 5.08. The first-order valence-electron chi connectivity index (χ1n) is 6.39. The summed E-state index contributed by atoms with van der Waals surface area (Å²) in [7, 11) is -2.87. The summed E-state index contributed by atoms with van der Waals surface area (Å²) in [5, 5.41) is 3.38. The highest BCUT2D eigenvalue weighted by molar-refractivity contribution is 7.91. The number of nitrogens with one attached hydrogen (secondary N) is 1. The lowest BCUT2D eigenvalue weighted by Gasteiger charge is -2.40. The molecule has 1 heterocycles. The van der Waals surface area contributed by atoms with Crippen LogP contribution in [0.2, 0.25) is 0 Å². The van der Waals surface area contributed by atoms with Gasteiger partial charge in [-0.05, 0) is 19.3 Å². The van der Waals surface area contributed by atoms with Crippen molar-refractivity contribution in [2.24, 2.45) is 5.41 Å². The van der Waals surface area contributed by atoms with Crippen molar-refractivity contribution < 1.29 is 13.2 Å². The molecule has 100 valence electrons. The van der Waals surface area contributed by atoms with Gasteiger partial charge in [0.15, 0.2) is 0 Å². The van der Waals surface area contributed by atoms with Gasteiger partial charge in [0.05, 0.1) is 18.5 Å². The van der Waals surface area contributed by atoms with E-state index in [1.807, 2.05) is 0 Å². The van der Waals surface area contributed by atoms with Gasteiger partial charge in [0.1, 0.15) is 9.84 Å². The van der Waals surface area contributed by atoms with Crippen LogP contribution in [0.1, 0.15) is 32.6 Å². The van der Waals surface area contributed by atoms with Gasteiger partial charge < -0.3 is 10.1 Å². The third-order valence-corrected chi connectivity index (χ3v) is 5.59. The summed E-state index contributed by atoms with van der Waals surface area (Å²) >= 11 is 0. The molecule has 0 aromatic heterocycles. The van der Waals surface area contributed by atoms with E-state index in [2.05, 4.69) is 12.2 Å². The van der Waals surface area contributed by atoms with Crippen molar-refractivity contribution in [1.29, 1.82) is 0 Å². The molecule has 2 aliphatic rings. The van der Waals surface area contributed by atoms with Gasteiger partial charge in [0.25, 0.3) is 0 Å². The molecule has 17 heavy (non-hydrogen) atoms. The molecule has 0 spiro atoms. The van der Waals surface area contributed by atoms with E-state index in [0.717, 1.165) is 45.4 Å². The molecule has 1 N–H and O–H groups in total. The minimum Gasteiger partial charge on any atom is -0.380 e. The van der Waals surface area contributed by atoms with Crippen LogP contribution in [0.5, 0.6) is 0 Å². The molecular weight excluding hydrogens is 238 g/mol.